The molecule has 3 aromatic rings. The minimum atomic E-state index is -2.65. The maximum Gasteiger partial charge on any atom is 0.245 e. The van der Waals surface area contributed by atoms with E-state index in [1.807, 2.05) is 30.3 Å². The molecule has 0 bridgehead atoms. The number of aromatic hydroxyl groups is 1. The van der Waals surface area contributed by atoms with Crippen molar-refractivity contribution in [1.82, 2.24) is 0 Å². The zero-order chi connectivity index (χ0) is 30.2. The molecule has 0 saturated carbocycles. The van der Waals surface area contributed by atoms with Crippen molar-refractivity contribution in [1.29, 1.82) is 0 Å². The molecule has 42 heavy (non-hydrogen) atoms. The first-order valence-corrected chi connectivity index (χ1v) is 16.8. The van der Waals surface area contributed by atoms with Crippen LogP contribution in [0.5, 0.6) is 11.5 Å². The number of allylic oxidation sites excluding steroid dienone is 1. The van der Waals surface area contributed by atoms with Gasteiger partial charge in [-0.1, -0.05) is 93.6 Å². The molecule has 3 aromatic carbocycles. The fraction of sp³-hybridized carbons (Fsp3) is 0.444. The molecular weight excluding hydrogens is 550 g/mol. The van der Waals surface area contributed by atoms with Crippen LogP contribution in [0, 0.1) is 0 Å². The molecule has 228 valence electrons. The number of unbranched alkanes of at least 4 members (excludes halogenated alkanes) is 6. The molecule has 0 aromatic heterocycles. The quantitative estimate of drug-likeness (QED) is 0.111. The summed E-state index contributed by atoms with van der Waals surface area (Å²) in [6.45, 7) is 3.77. The second-order valence-electron chi connectivity index (χ2n) is 11.0. The van der Waals surface area contributed by atoms with Crippen LogP contribution in [0.4, 0.5) is 8.78 Å². The lowest BCUT2D eigenvalue weighted by molar-refractivity contribution is 0.0125. The van der Waals surface area contributed by atoms with E-state index >= 15 is 0 Å². The van der Waals surface area contributed by atoms with Gasteiger partial charge < -0.3 is 9.84 Å². The predicted molar refractivity (Wildman–Crippen MR) is 173 cm³/mol. The van der Waals surface area contributed by atoms with Gasteiger partial charge >= 0.3 is 0 Å². The first-order valence-electron chi connectivity index (χ1n) is 15.3. The van der Waals surface area contributed by atoms with E-state index in [1.165, 1.54) is 11.1 Å². The van der Waals surface area contributed by atoms with Gasteiger partial charge in [-0.15, -0.1) is 0 Å². The van der Waals surface area contributed by atoms with Crippen LogP contribution >= 0.6 is 0 Å². The van der Waals surface area contributed by atoms with E-state index in [0.29, 0.717) is 24.5 Å². The number of phenols is 1. The predicted octanol–water partition coefficient (Wildman–Crippen LogP) is 10.1. The first kappa shape index (κ1) is 33.5. The molecule has 0 radical (unpaired) electrons. The number of rotatable bonds is 19. The molecule has 1 atom stereocenters. The summed E-state index contributed by atoms with van der Waals surface area (Å²) in [6.07, 6.45) is 8.50. The third-order valence-electron chi connectivity index (χ3n) is 7.35. The Bertz CT molecular complexity index is 1230. The van der Waals surface area contributed by atoms with Crippen molar-refractivity contribution in [3.8, 4) is 11.5 Å². The minimum absolute atomic E-state index is 0.179. The average Bonchev–Trinajstić information content (AvgIpc) is 2.97. The molecule has 6 heteroatoms. The number of alkyl halides is 2. The summed E-state index contributed by atoms with van der Waals surface area (Å²) in [7, 11) is -0.973. The molecule has 0 aliphatic rings. The zero-order valence-corrected chi connectivity index (χ0v) is 25.9. The van der Waals surface area contributed by atoms with Gasteiger partial charge in [0, 0.05) is 28.7 Å². The van der Waals surface area contributed by atoms with Gasteiger partial charge in [0.15, 0.2) is 0 Å². The van der Waals surface area contributed by atoms with Crippen LogP contribution in [0.15, 0.2) is 78.9 Å². The van der Waals surface area contributed by atoms with Crippen LogP contribution in [0.3, 0.4) is 0 Å². The molecular formula is C36H46F2O3S. The van der Waals surface area contributed by atoms with E-state index in [4.69, 9.17) is 4.74 Å². The second-order valence-corrected chi connectivity index (χ2v) is 12.7. The van der Waals surface area contributed by atoms with Crippen molar-refractivity contribution < 1.29 is 22.8 Å². The lowest BCUT2D eigenvalue weighted by Crippen LogP contribution is -2.12. The smallest absolute Gasteiger partial charge is 0.245 e. The Balaban J connectivity index is 1.41. The van der Waals surface area contributed by atoms with Crippen molar-refractivity contribution in [2.24, 2.45) is 0 Å². The Morgan fingerprint density at radius 3 is 1.88 bits per heavy atom. The molecule has 0 heterocycles. The summed E-state index contributed by atoms with van der Waals surface area (Å²) in [4.78, 5) is 0. The van der Waals surface area contributed by atoms with E-state index < -0.39 is 16.7 Å². The van der Waals surface area contributed by atoms with E-state index in [2.05, 4.69) is 43.3 Å². The van der Waals surface area contributed by atoms with Crippen LogP contribution in [0.2, 0.25) is 0 Å². The van der Waals surface area contributed by atoms with Crippen molar-refractivity contribution in [3.63, 3.8) is 0 Å². The molecule has 1 unspecified atom stereocenters. The fourth-order valence-corrected chi connectivity index (χ4v) is 6.31. The largest absolute Gasteiger partial charge is 0.508 e. The van der Waals surface area contributed by atoms with Crippen LogP contribution in [0.1, 0.15) is 94.7 Å². The molecule has 0 aliphatic carbocycles. The SMILES string of the molecule is CC/C(=C(/c1ccc(O)cc1)c1ccc(OCCCCCCCCCS(=O)CCCC(C)(F)F)cc1)c1ccccc1. The molecule has 3 rings (SSSR count). The fourth-order valence-electron chi connectivity index (χ4n) is 5.11. The topological polar surface area (TPSA) is 46.5 Å². The Labute approximate surface area is 253 Å². The van der Waals surface area contributed by atoms with E-state index in [9.17, 15) is 18.1 Å². The molecule has 0 fully saturated rings. The minimum Gasteiger partial charge on any atom is -0.508 e. The number of benzene rings is 3. The lowest BCUT2D eigenvalue weighted by atomic mass is 9.88. The van der Waals surface area contributed by atoms with Crippen molar-refractivity contribution in [3.05, 3.63) is 95.6 Å². The third kappa shape index (κ3) is 12.1. The Morgan fingerprint density at radius 1 is 0.738 bits per heavy atom. The highest BCUT2D eigenvalue weighted by molar-refractivity contribution is 7.84. The monoisotopic (exact) mass is 596 g/mol. The van der Waals surface area contributed by atoms with Crippen LogP contribution < -0.4 is 4.74 Å². The van der Waals surface area contributed by atoms with Gasteiger partial charge in [0.25, 0.3) is 0 Å². The summed E-state index contributed by atoms with van der Waals surface area (Å²) in [5.41, 5.74) is 5.77. The Morgan fingerprint density at radius 2 is 1.29 bits per heavy atom. The summed E-state index contributed by atoms with van der Waals surface area (Å²) in [5.74, 6) is -0.532. The van der Waals surface area contributed by atoms with E-state index in [1.54, 1.807) is 12.1 Å². The summed E-state index contributed by atoms with van der Waals surface area (Å²) >= 11 is 0. The number of hydrogen-bond donors (Lipinski definition) is 1. The lowest BCUT2D eigenvalue weighted by Gasteiger charge is -2.17. The van der Waals surface area contributed by atoms with Crippen molar-refractivity contribution >= 4 is 21.9 Å². The second kappa shape index (κ2) is 17.8. The van der Waals surface area contributed by atoms with Crippen molar-refractivity contribution in [2.45, 2.75) is 84.0 Å². The highest BCUT2D eigenvalue weighted by Gasteiger charge is 2.20. The summed E-state index contributed by atoms with van der Waals surface area (Å²) < 4.78 is 43.6. The third-order valence-corrected chi connectivity index (χ3v) is 8.84. The van der Waals surface area contributed by atoms with Gasteiger partial charge in [-0.05, 0) is 84.7 Å². The Hall–Kier alpha value is -2.99. The highest BCUT2D eigenvalue weighted by atomic mass is 32.2. The number of hydrogen-bond acceptors (Lipinski definition) is 3. The molecule has 0 amide bonds. The van der Waals surface area contributed by atoms with Crippen LogP contribution in [0.25, 0.3) is 11.1 Å². The highest BCUT2D eigenvalue weighted by Crippen LogP contribution is 2.35. The first-order chi connectivity index (χ1) is 20.3. The maximum atomic E-state index is 12.8. The van der Waals surface area contributed by atoms with Gasteiger partial charge in [0.05, 0.1) is 6.61 Å². The van der Waals surface area contributed by atoms with Crippen LogP contribution in [-0.4, -0.2) is 33.4 Å². The number of halogens is 2. The molecule has 0 saturated heterocycles. The standard InChI is InChI=1S/C36H46F2O3S/c1-3-34(29-15-10-9-11-16-29)35(30-17-21-32(39)22-18-30)31-19-23-33(24-20-31)41-26-12-7-5-4-6-8-13-27-42(40)28-14-25-36(2,37)38/h9-11,15-24,39H,3-8,12-14,25-28H2,1-2H3/b35-34+. The van der Waals surface area contributed by atoms with Gasteiger partial charge in [0.1, 0.15) is 11.5 Å². The normalized spacial score (nSPS) is 13.0. The molecule has 1 N–H and O–H groups in total. The van der Waals surface area contributed by atoms with Crippen molar-refractivity contribution in [2.75, 3.05) is 18.1 Å². The van der Waals surface area contributed by atoms with Gasteiger partial charge in [-0.2, -0.15) is 0 Å². The zero-order valence-electron chi connectivity index (χ0n) is 25.1. The molecule has 3 nitrogen and oxygen atoms in total. The number of phenolic OH excluding ortho intramolecular Hbond substituents is 1. The van der Waals surface area contributed by atoms with Gasteiger partial charge in [0.2, 0.25) is 5.92 Å². The maximum absolute atomic E-state index is 12.8. The van der Waals surface area contributed by atoms with Gasteiger partial charge in [-0.25, -0.2) is 8.78 Å². The Kier molecular flexibility index (Phi) is 14.2. The van der Waals surface area contributed by atoms with E-state index in [0.717, 1.165) is 80.7 Å². The number of ether oxygens (including phenoxy) is 1. The van der Waals surface area contributed by atoms with E-state index in [-0.39, 0.29) is 12.2 Å². The molecule has 0 spiro atoms. The average molecular weight is 597 g/mol. The van der Waals surface area contributed by atoms with Gasteiger partial charge in [-0.3, -0.25) is 4.21 Å². The van der Waals surface area contributed by atoms with Crippen LogP contribution in [-0.2, 0) is 10.8 Å². The summed E-state index contributed by atoms with van der Waals surface area (Å²) in [5, 5.41) is 9.84. The molecule has 0 aliphatic heterocycles. The summed E-state index contributed by atoms with van der Waals surface area (Å²) in [6, 6.07) is 26.1.